The molecule has 5 heteroatoms. The third kappa shape index (κ3) is 4.62. The Morgan fingerprint density at radius 1 is 1.32 bits per heavy atom. The van der Waals surface area contributed by atoms with Crippen molar-refractivity contribution in [3.05, 3.63) is 35.9 Å². The number of benzene rings is 1. The Labute approximate surface area is 113 Å². The van der Waals surface area contributed by atoms with E-state index in [9.17, 15) is 9.59 Å². The average Bonchev–Trinajstić information content (AvgIpc) is 2.44. The Kier molecular flexibility index (Phi) is 5.85. The van der Waals surface area contributed by atoms with Gasteiger partial charge in [0, 0.05) is 13.6 Å². The molecule has 0 unspecified atom stereocenters. The van der Waals surface area contributed by atoms with Crippen LogP contribution in [0.25, 0.3) is 0 Å². The van der Waals surface area contributed by atoms with E-state index in [2.05, 4.69) is 5.32 Å². The first kappa shape index (κ1) is 15.0. The highest BCUT2D eigenvalue weighted by Gasteiger charge is 2.22. The van der Waals surface area contributed by atoms with E-state index in [1.165, 1.54) is 4.90 Å². The van der Waals surface area contributed by atoms with Crippen LogP contribution in [-0.2, 0) is 16.1 Å². The fraction of sp³-hybridized carbons (Fsp3) is 0.429. The Morgan fingerprint density at radius 2 is 1.95 bits per heavy atom. The maximum absolute atomic E-state index is 11.8. The fourth-order valence-corrected chi connectivity index (χ4v) is 1.48. The zero-order chi connectivity index (χ0) is 14.3. The number of amides is 2. The molecule has 1 rings (SSSR count). The van der Waals surface area contributed by atoms with Crippen LogP contribution in [0.2, 0.25) is 0 Å². The van der Waals surface area contributed by atoms with Gasteiger partial charge >= 0.3 is 6.09 Å². The van der Waals surface area contributed by atoms with Crippen LogP contribution in [0, 0.1) is 0 Å². The predicted octanol–water partition coefficient (Wildman–Crippen LogP) is 1.78. The SMILES string of the molecule is CCNC(=O)[C@H](C)N(C)C(=O)OCc1ccccc1. The molecule has 1 atom stereocenters. The van der Waals surface area contributed by atoms with E-state index in [4.69, 9.17) is 4.74 Å². The molecule has 0 saturated carbocycles. The summed E-state index contributed by atoms with van der Waals surface area (Å²) in [6, 6.07) is 8.85. The third-order valence-electron chi connectivity index (χ3n) is 2.80. The summed E-state index contributed by atoms with van der Waals surface area (Å²) in [5.74, 6) is -0.193. The van der Waals surface area contributed by atoms with Gasteiger partial charge in [-0.2, -0.15) is 0 Å². The van der Waals surface area contributed by atoms with Gasteiger partial charge in [0.1, 0.15) is 12.6 Å². The lowest BCUT2D eigenvalue weighted by atomic mass is 10.2. The van der Waals surface area contributed by atoms with E-state index in [0.29, 0.717) is 6.54 Å². The summed E-state index contributed by atoms with van der Waals surface area (Å²) < 4.78 is 5.15. The largest absolute Gasteiger partial charge is 0.445 e. The first-order chi connectivity index (χ1) is 9.06. The molecule has 1 aromatic carbocycles. The molecule has 1 N–H and O–H groups in total. The van der Waals surface area contributed by atoms with Gasteiger partial charge in [0.15, 0.2) is 0 Å². The fourth-order valence-electron chi connectivity index (χ4n) is 1.48. The maximum atomic E-state index is 11.8. The lowest BCUT2D eigenvalue weighted by molar-refractivity contribution is -0.124. The molecule has 0 aromatic heterocycles. The zero-order valence-electron chi connectivity index (χ0n) is 11.6. The Bertz CT molecular complexity index is 420. The van der Waals surface area contributed by atoms with Crippen molar-refractivity contribution in [2.75, 3.05) is 13.6 Å². The molecular weight excluding hydrogens is 244 g/mol. The smallest absolute Gasteiger partial charge is 0.410 e. The van der Waals surface area contributed by atoms with Crippen molar-refractivity contribution in [1.82, 2.24) is 10.2 Å². The molecule has 104 valence electrons. The van der Waals surface area contributed by atoms with Gasteiger partial charge in [-0.15, -0.1) is 0 Å². The Balaban J connectivity index is 2.46. The lowest BCUT2D eigenvalue weighted by Gasteiger charge is -2.23. The number of rotatable bonds is 5. The summed E-state index contributed by atoms with van der Waals surface area (Å²) in [4.78, 5) is 24.7. The molecule has 0 aliphatic heterocycles. The molecule has 0 heterocycles. The van der Waals surface area contributed by atoms with E-state index in [-0.39, 0.29) is 12.5 Å². The van der Waals surface area contributed by atoms with E-state index >= 15 is 0 Å². The van der Waals surface area contributed by atoms with Crippen LogP contribution < -0.4 is 5.32 Å². The summed E-state index contributed by atoms with van der Waals surface area (Å²) >= 11 is 0. The molecule has 0 aliphatic carbocycles. The predicted molar refractivity (Wildman–Crippen MR) is 72.5 cm³/mol. The molecule has 0 radical (unpaired) electrons. The summed E-state index contributed by atoms with van der Waals surface area (Å²) in [6.07, 6.45) is -0.511. The van der Waals surface area contributed by atoms with Gasteiger partial charge in [-0.05, 0) is 19.4 Å². The van der Waals surface area contributed by atoms with Crippen molar-refractivity contribution >= 4 is 12.0 Å². The van der Waals surface area contributed by atoms with Crippen LogP contribution in [-0.4, -0.2) is 36.5 Å². The minimum atomic E-state index is -0.553. The van der Waals surface area contributed by atoms with Gasteiger partial charge in [0.05, 0.1) is 0 Å². The molecule has 0 aliphatic rings. The van der Waals surface area contributed by atoms with Crippen LogP contribution in [0.3, 0.4) is 0 Å². The van der Waals surface area contributed by atoms with Crippen LogP contribution in [0.4, 0.5) is 4.79 Å². The van der Waals surface area contributed by atoms with Gasteiger partial charge in [0.2, 0.25) is 5.91 Å². The van der Waals surface area contributed by atoms with Gasteiger partial charge in [-0.3, -0.25) is 9.69 Å². The highest BCUT2D eigenvalue weighted by molar-refractivity contribution is 5.85. The number of nitrogens with one attached hydrogen (secondary N) is 1. The van der Waals surface area contributed by atoms with E-state index in [0.717, 1.165) is 5.56 Å². The number of likely N-dealkylation sites (N-methyl/N-ethyl adjacent to an activating group) is 2. The van der Waals surface area contributed by atoms with Crippen LogP contribution in [0.1, 0.15) is 19.4 Å². The van der Waals surface area contributed by atoms with Crippen LogP contribution >= 0.6 is 0 Å². The second-order valence-corrected chi connectivity index (χ2v) is 4.22. The standard InChI is InChI=1S/C14H20N2O3/c1-4-15-13(17)11(2)16(3)14(18)19-10-12-8-6-5-7-9-12/h5-9,11H,4,10H2,1-3H3,(H,15,17)/t11-/m0/s1. The van der Waals surface area contributed by atoms with Crippen molar-refractivity contribution in [1.29, 1.82) is 0 Å². The van der Waals surface area contributed by atoms with E-state index < -0.39 is 12.1 Å². The summed E-state index contributed by atoms with van der Waals surface area (Å²) in [7, 11) is 1.55. The van der Waals surface area contributed by atoms with Gasteiger partial charge in [-0.1, -0.05) is 30.3 Å². The first-order valence-electron chi connectivity index (χ1n) is 6.27. The van der Waals surface area contributed by atoms with Gasteiger partial charge in [-0.25, -0.2) is 4.79 Å². The molecule has 5 nitrogen and oxygen atoms in total. The molecule has 0 bridgehead atoms. The molecule has 19 heavy (non-hydrogen) atoms. The zero-order valence-corrected chi connectivity index (χ0v) is 11.6. The van der Waals surface area contributed by atoms with Crippen molar-refractivity contribution in [2.45, 2.75) is 26.5 Å². The van der Waals surface area contributed by atoms with Crippen LogP contribution in [0.5, 0.6) is 0 Å². The number of hydrogen-bond donors (Lipinski definition) is 1. The molecule has 0 saturated heterocycles. The molecule has 2 amide bonds. The number of nitrogens with zero attached hydrogens (tertiary/aromatic N) is 1. The summed E-state index contributed by atoms with van der Waals surface area (Å²) in [6.45, 7) is 4.23. The molecule has 1 aromatic rings. The monoisotopic (exact) mass is 264 g/mol. The highest BCUT2D eigenvalue weighted by atomic mass is 16.6. The minimum Gasteiger partial charge on any atom is -0.445 e. The average molecular weight is 264 g/mol. The number of ether oxygens (including phenoxy) is 1. The van der Waals surface area contributed by atoms with E-state index in [1.807, 2.05) is 37.3 Å². The maximum Gasteiger partial charge on any atom is 0.410 e. The van der Waals surface area contributed by atoms with Gasteiger partial charge < -0.3 is 10.1 Å². The number of hydrogen-bond acceptors (Lipinski definition) is 3. The van der Waals surface area contributed by atoms with Gasteiger partial charge in [0.25, 0.3) is 0 Å². The molecule has 0 spiro atoms. The molecule has 0 fully saturated rings. The highest BCUT2D eigenvalue weighted by Crippen LogP contribution is 2.04. The van der Waals surface area contributed by atoms with Crippen molar-refractivity contribution < 1.29 is 14.3 Å². The second kappa shape index (κ2) is 7.41. The number of carbonyl (C=O) groups is 2. The quantitative estimate of drug-likeness (QED) is 0.882. The summed E-state index contributed by atoms with van der Waals surface area (Å²) in [5.41, 5.74) is 0.912. The van der Waals surface area contributed by atoms with Crippen molar-refractivity contribution in [2.24, 2.45) is 0 Å². The van der Waals surface area contributed by atoms with Crippen molar-refractivity contribution in [3.8, 4) is 0 Å². The normalized spacial score (nSPS) is 11.5. The van der Waals surface area contributed by atoms with Crippen LogP contribution in [0.15, 0.2) is 30.3 Å². The minimum absolute atomic E-state index is 0.193. The van der Waals surface area contributed by atoms with E-state index in [1.54, 1.807) is 14.0 Å². The van der Waals surface area contributed by atoms with Crippen molar-refractivity contribution in [3.63, 3.8) is 0 Å². The molecular formula is C14H20N2O3. The second-order valence-electron chi connectivity index (χ2n) is 4.22. The Hall–Kier alpha value is -2.04. The number of carbonyl (C=O) groups excluding carboxylic acids is 2. The first-order valence-corrected chi connectivity index (χ1v) is 6.27. The lowest BCUT2D eigenvalue weighted by Crippen LogP contribution is -2.46. The topological polar surface area (TPSA) is 58.6 Å². The third-order valence-corrected chi connectivity index (χ3v) is 2.80. The Morgan fingerprint density at radius 3 is 2.53 bits per heavy atom. The summed E-state index contributed by atoms with van der Waals surface area (Å²) in [5, 5.41) is 2.67.